The lowest BCUT2D eigenvalue weighted by Gasteiger charge is -2.46. The van der Waals surface area contributed by atoms with Crippen molar-refractivity contribution in [3.05, 3.63) is 36.2 Å². The van der Waals surface area contributed by atoms with E-state index in [1.807, 2.05) is 30.3 Å². The van der Waals surface area contributed by atoms with Crippen LogP contribution < -0.4 is 0 Å². The maximum atomic E-state index is 10.1. The SMILES string of the molecule is CCCC1(O)CN(Cc2nnc(-c3ccccc3)o2)C1. The van der Waals surface area contributed by atoms with Crippen LogP contribution in [0.3, 0.4) is 0 Å². The summed E-state index contributed by atoms with van der Waals surface area (Å²) in [5.41, 5.74) is 0.411. The molecule has 0 unspecified atom stereocenters. The van der Waals surface area contributed by atoms with E-state index >= 15 is 0 Å². The maximum absolute atomic E-state index is 10.1. The lowest BCUT2D eigenvalue weighted by atomic mass is 9.89. The summed E-state index contributed by atoms with van der Waals surface area (Å²) in [6.45, 7) is 4.06. The maximum Gasteiger partial charge on any atom is 0.247 e. The van der Waals surface area contributed by atoms with Gasteiger partial charge in [-0.25, -0.2) is 0 Å². The molecule has 1 aliphatic rings. The van der Waals surface area contributed by atoms with Gasteiger partial charge in [0.25, 0.3) is 0 Å². The fraction of sp³-hybridized carbons (Fsp3) is 0.467. The molecule has 1 aromatic heterocycles. The highest BCUT2D eigenvalue weighted by Crippen LogP contribution is 2.27. The van der Waals surface area contributed by atoms with E-state index in [2.05, 4.69) is 22.0 Å². The van der Waals surface area contributed by atoms with Crippen LogP contribution in [-0.4, -0.2) is 38.9 Å². The lowest BCUT2D eigenvalue weighted by Crippen LogP contribution is -2.60. The number of benzene rings is 1. The predicted molar refractivity (Wildman–Crippen MR) is 74.9 cm³/mol. The quantitative estimate of drug-likeness (QED) is 0.903. The van der Waals surface area contributed by atoms with E-state index < -0.39 is 5.60 Å². The Morgan fingerprint density at radius 1 is 1.25 bits per heavy atom. The average molecular weight is 273 g/mol. The molecule has 0 radical (unpaired) electrons. The van der Waals surface area contributed by atoms with Crippen LogP contribution in [0.15, 0.2) is 34.7 Å². The first-order valence-electron chi connectivity index (χ1n) is 7.01. The third-order valence-corrected chi connectivity index (χ3v) is 3.60. The molecule has 0 aliphatic carbocycles. The number of likely N-dealkylation sites (tertiary alicyclic amines) is 1. The van der Waals surface area contributed by atoms with Gasteiger partial charge in [-0.2, -0.15) is 0 Å². The second kappa shape index (κ2) is 5.34. The highest BCUT2D eigenvalue weighted by Gasteiger charge is 2.40. The highest BCUT2D eigenvalue weighted by atomic mass is 16.4. The minimum absolute atomic E-state index is 0.517. The second-order valence-electron chi connectivity index (χ2n) is 5.49. The third-order valence-electron chi connectivity index (χ3n) is 3.60. The summed E-state index contributed by atoms with van der Waals surface area (Å²) in [5.74, 6) is 1.15. The van der Waals surface area contributed by atoms with Crippen LogP contribution in [0.5, 0.6) is 0 Å². The van der Waals surface area contributed by atoms with Crippen LogP contribution >= 0.6 is 0 Å². The molecule has 0 atom stereocenters. The third kappa shape index (κ3) is 2.73. The molecular formula is C15H19N3O2. The van der Waals surface area contributed by atoms with Gasteiger partial charge in [-0.15, -0.1) is 10.2 Å². The van der Waals surface area contributed by atoms with Crippen molar-refractivity contribution >= 4 is 0 Å². The van der Waals surface area contributed by atoms with Crippen molar-refractivity contribution < 1.29 is 9.52 Å². The molecule has 5 heteroatoms. The number of aromatic nitrogens is 2. The van der Waals surface area contributed by atoms with Crippen LogP contribution in [0.25, 0.3) is 11.5 Å². The first kappa shape index (κ1) is 13.3. The van der Waals surface area contributed by atoms with E-state index in [1.165, 1.54) is 0 Å². The van der Waals surface area contributed by atoms with Gasteiger partial charge >= 0.3 is 0 Å². The molecule has 20 heavy (non-hydrogen) atoms. The Hall–Kier alpha value is -1.72. The van der Waals surface area contributed by atoms with E-state index in [-0.39, 0.29) is 0 Å². The van der Waals surface area contributed by atoms with E-state index in [4.69, 9.17) is 4.42 Å². The summed E-state index contributed by atoms with van der Waals surface area (Å²) in [5, 5.41) is 18.3. The van der Waals surface area contributed by atoms with E-state index in [0.29, 0.717) is 31.4 Å². The Balaban J connectivity index is 1.59. The number of nitrogens with zero attached hydrogens (tertiary/aromatic N) is 3. The molecule has 2 heterocycles. The number of β-amino-alcohol motifs (C(OH)–C–C–N with tert-alkyl or cyclic N) is 1. The fourth-order valence-corrected chi connectivity index (χ4v) is 2.73. The van der Waals surface area contributed by atoms with Crippen molar-refractivity contribution in [1.82, 2.24) is 15.1 Å². The van der Waals surface area contributed by atoms with Gasteiger partial charge in [0.2, 0.25) is 11.8 Å². The van der Waals surface area contributed by atoms with Gasteiger partial charge in [0.05, 0.1) is 12.1 Å². The van der Waals surface area contributed by atoms with Crippen LogP contribution in [0, 0.1) is 0 Å². The van der Waals surface area contributed by atoms with Gasteiger partial charge < -0.3 is 9.52 Å². The minimum atomic E-state index is -0.517. The molecule has 1 aromatic carbocycles. The molecule has 1 fully saturated rings. The summed E-state index contributed by atoms with van der Waals surface area (Å²) >= 11 is 0. The van der Waals surface area contributed by atoms with Crippen molar-refractivity contribution in [2.45, 2.75) is 31.9 Å². The Kier molecular flexibility index (Phi) is 3.54. The number of hydrogen-bond acceptors (Lipinski definition) is 5. The Morgan fingerprint density at radius 3 is 2.70 bits per heavy atom. The lowest BCUT2D eigenvalue weighted by molar-refractivity contribution is -0.109. The molecule has 0 spiro atoms. The van der Waals surface area contributed by atoms with Crippen LogP contribution in [0.2, 0.25) is 0 Å². The molecular weight excluding hydrogens is 254 g/mol. The molecule has 1 saturated heterocycles. The van der Waals surface area contributed by atoms with Crippen LogP contribution in [0.1, 0.15) is 25.7 Å². The van der Waals surface area contributed by atoms with Crippen molar-refractivity contribution in [2.75, 3.05) is 13.1 Å². The Morgan fingerprint density at radius 2 is 2.00 bits per heavy atom. The zero-order valence-electron chi connectivity index (χ0n) is 11.6. The van der Waals surface area contributed by atoms with Gasteiger partial charge in [-0.05, 0) is 18.6 Å². The summed E-state index contributed by atoms with van der Waals surface area (Å²) in [6.07, 6.45) is 1.85. The van der Waals surface area contributed by atoms with Gasteiger partial charge in [0, 0.05) is 18.7 Å². The topological polar surface area (TPSA) is 62.4 Å². The second-order valence-corrected chi connectivity index (χ2v) is 5.49. The molecule has 5 nitrogen and oxygen atoms in total. The monoisotopic (exact) mass is 273 g/mol. The zero-order valence-corrected chi connectivity index (χ0v) is 11.6. The van der Waals surface area contributed by atoms with Gasteiger partial charge in [-0.1, -0.05) is 31.5 Å². The Bertz CT molecular complexity index is 562. The summed E-state index contributed by atoms with van der Waals surface area (Å²) in [4.78, 5) is 2.12. The summed E-state index contributed by atoms with van der Waals surface area (Å²) < 4.78 is 5.66. The molecule has 1 aliphatic heterocycles. The number of hydrogen-bond donors (Lipinski definition) is 1. The molecule has 0 amide bonds. The van der Waals surface area contributed by atoms with Crippen LogP contribution in [0.4, 0.5) is 0 Å². The first-order chi connectivity index (χ1) is 9.68. The minimum Gasteiger partial charge on any atom is -0.419 e. The van der Waals surface area contributed by atoms with E-state index in [9.17, 15) is 5.11 Å². The molecule has 2 aromatic rings. The zero-order chi connectivity index (χ0) is 14.0. The molecule has 106 valence electrons. The molecule has 0 saturated carbocycles. The number of aliphatic hydroxyl groups is 1. The number of rotatable bonds is 5. The van der Waals surface area contributed by atoms with Crippen molar-refractivity contribution in [1.29, 1.82) is 0 Å². The first-order valence-corrected chi connectivity index (χ1v) is 7.01. The Labute approximate surface area is 118 Å². The summed E-state index contributed by atoms with van der Waals surface area (Å²) in [6, 6.07) is 9.73. The van der Waals surface area contributed by atoms with E-state index in [1.54, 1.807) is 0 Å². The molecule has 1 N–H and O–H groups in total. The van der Waals surface area contributed by atoms with Crippen LogP contribution in [-0.2, 0) is 6.54 Å². The molecule has 0 bridgehead atoms. The average Bonchev–Trinajstić information content (AvgIpc) is 2.87. The predicted octanol–water partition coefficient (Wildman–Crippen LogP) is 2.08. The fourth-order valence-electron chi connectivity index (χ4n) is 2.73. The van der Waals surface area contributed by atoms with Gasteiger partial charge in [0.15, 0.2) is 0 Å². The summed E-state index contributed by atoms with van der Waals surface area (Å²) in [7, 11) is 0. The smallest absolute Gasteiger partial charge is 0.247 e. The van der Waals surface area contributed by atoms with Crippen molar-refractivity contribution in [2.24, 2.45) is 0 Å². The van der Waals surface area contributed by atoms with Crippen molar-refractivity contribution in [3.63, 3.8) is 0 Å². The van der Waals surface area contributed by atoms with E-state index in [0.717, 1.165) is 18.4 Å². The largest absolute Gasteiger partial charge is 0.419 e. The van der Waals surface area contributed by atoms with Gasteiger partial charge in [0.1, 0.15) is 0 Å². The standard InChI is InChI=1S/C15H19N3O2/c1-2-8-15(19)10-18(11-15)9-13-16-17-14(20-13)12-6-4-3-5-7-12/h3-7,19H,2,8-11H2,1H3. The highest BCUT2D eigenvalue weighted by molar-refractivity contribution is 5.51. The van der Waals surface area contributed by atoms with Gasteiger partial charge in [-0.3, -0.25) is 4.90 Å². The van der Waals surface area contributed by atoms with Crippen molar-refractivity contribution in [3.8, 4) is 11.5 Å². The normalized spacial score (nSPS) is 17.9. The molecule has 3 rings (SSSR count).